The van der Waals surface area contributed by atoms with Crippen molar-refractivity contribution in [3.05, 3.63) is 60.7 Å². The molecule has 2 aromatic rings. The maximum atomic E-state index is 13.1. The average Bonchev–Trinajstić information content (AvgIpc) is 2.79. The SMILES string of the molecule is COP(=O)(OC)C1CN(C(=O)Oc2ccccc2)CCN1C(=O)Oc1ccccc1. The molecule has 1 unspecified atom stereocenters. The molecule has 0 aromatic heterocycles. The normalized spacial score (nSPS) is 16.8. The van der Waals surface area contributed by atoms with Crippen LogP contribution in [0.1, 0.15) is 0 Å². The van der Waals surface area contributed by atoms with Gasteiger partial charge in [-0.05, 0) is 24.3 Å². The lowest BCUT2D eigenvalue weighted by atomic mass is 10.3. The number of benzene rings is 2. The van der Waals surface area contributed by atoms with E-state index >= 15 is 0 Å². The van der Waals surface area contributed by atoms with Crippen molar-refractivity contribution in [1.82, 2.24) is 9.80 Å². The molecule has 1 heterocycles. The quantitative estimate of drug-likeness (QED) is 0.661. The number of nitrogens with zero attached hydrogens (tertiary/aromatic N) is 2. The lowest BCUT2D eigenvalue weighted by Gasteiger charge is -2.41. The minimum absolute atomic E-state index is 0.0664. The molecule has 3 rings (SSSR count). The van der Waals surface area contributed by atoms with Gasteiger partial charge < -0.3 is 23.4 Å². The van der Waals surface area contributed by atoms with E-state index in [1.54, 1.807) is 60.7 Å². The molecule has 1 aliphatic heterocycles. The third kappa shape index (κ3) is 4.99. The molecule has 0 spiro atoms. The van der Waals surface area contributed by atoms with Crippen LogP contribution in [0.25, 0.3) is 0 Å². The summed E-state index contributed by atoms with van der Waals surface area (Å²) in [5, 5.41) is 0. The van der Waals surface area contributed by atoms with Gasteiger partial charge in [0.2, 0.25) is 0 Å². The maximum absolute atomic E-state index is 13.1. The van der Waals surface area contributed by atoms with E-state index < -0.39 is 25.6 Å². The fraction of sp³-hybridized carbons (Fsp3) is 0.300. The van der Waals surface area contributed by atoms with Gasteiger partial charge in [0, 0.05) is 27.3 Å². The van der Waals surface area contributed by atoms with E-state index in [4.69, 9.17) is 18.5 Å². The highest BCUT2D eigenvalue weighted by Gasteiger charge is 2.46. The highest BCUT2D eigenvalue weighted by molar-refractivity contribution is 7.54. The summed E-state index contributed by atoms with van der Waals surface area (Å²) in [5.74, 6) is -0.329. The summed E-state index contributed by atoms with van der Waals surface area (Å²) in [6.07, 6.45) is -1.34. The summed E-state index contributed by atoms with van der Waals surface area (Å²) in [6, 6.07) is 17.1. The molecule has 1 aliphatic rings. The molecule has 0 radical (unpaired) electrons. The largest absolute Gasteiger partial charge is 0.416 e. The van der Waals surface area contributed by atoms with Gasteiger partial charge in [-0.3, -0.25) is 9.46 Å². The molecule has 1 fully saturated rings. The van der Waals surface area contributed by atoms with Crippen molar-refractivity contribution in [3.8, 4) is 11.5 Å². The fourth-order valence-corrected chi connectivity index (χ4v) is 4.62. The Morgan fingerprint density at radius 2 is 1.33 bits per heavy atom. The number of amides is 2. The van der Waals surface area contributed by atoms with Gasteiger partial charge in [0.1, 0.15) is 11.5 Å². The zero-order valence-corrected chi connectivity index (χ0v) is 17.6. The molecule has 0 aliphatic carbocycles. The van der Waals surface area contributed by atoms with Crippen molar-refractivity contribution in [2.45, 2.75) is 5.78 Å². The van der Waals surface area contributed by atoms with Crippen LogP contribution in [0.3, 0.4) is 0 Å². The van der Waals surface area contributed by atoms with Crippen LogP contribution >= 0.6 is 7.60 Å². The summed E-state index contributed by atoms with van der Waals surface area (Å²) in [5.41, 5.74) is 0. The zero-order valence-electron chi connectivity index (χ0n) is 16.7. The van der Waals surface area contributed by atoms with Crippen LogP contribution in [0, 0.1) is 0 Å². The fourth-order valence-electron chi connectivity index (χ4n) is 3.03. The number of para-hydroxylation sites is 2. The molecule has 9 nitrogen and oxygen atoms in total. The minimum atomic E-state index is -3.76. The number of ether oxygens (including phenoxy) is 2. The van der Waals surface area contributed by atoms with E-state index in [0.717, 1.165) is 0 Å². The maximum Gasteiger partial charge on any atom is 0.416 e. The van der Waals surface area contributed by atoms with Gasteiger partial charge >= 0.3 is 19.8 Å². The minimum Gasteiger partial charge on any atom is -0.410 e. The molecule has 2 aromatic carbocycles. The Balaban J connectivity index is 1.77. The number of hydrogen-bond donors (Lipinski definition) is 0. The predicted molar refractivity (Wildman–Crippen MR) is 109 cm³/mol. The molecule has 1 atom stereocenters. The Morgan fingerprint density at radius 1 is 0.833 bits per heavy atom. The predicted octanol–water partition coefficient (Wildman–Crippen LogP) is 3.81. The first kappa shape index (κ1) is 21.8. The highest BCUT2D eigenvalue weighted by Crippen LogP contribution is 2.53. The van der Waals surface area contributed by atoms with Crippen molar-refractivity contribution in [2.24, 2.45) is 0 Å². The number of carbonyl (C=O) groups excluding carboxylic acids is 2. The first-order valence-electron chi connectivity index (χ1n) is 9.23. The van der Waals surface area contributed by atoms with Crippen molar-refractivity contribution in [2.75, 3.05) is 33.9 Å². The summed E-state index contributed by atoms with van der Waals surface area (Å²) in [6.45, 7) is 0.130. The second-order valence-electron chi connectivity index (χ2n) is 6.39. The van der Waals surface area contributed by atoms with E-state index in [0.29, 0.717) is 11.5 Å². The molecule has 0 bridgehead atoms. The molecule has 160 valence electrons. The summed E-state index contributed by atoms with van der Waals surface area (Å²) in [7, 11) is -1.30. The van der Waals surface area contributed by atoms with Crippen molar-refractivity contribution in [3.63, 3.8) is 0 Å². The van der Waals surface area contributed by atoms with Crippen LogP contribution < -0.4 is 9.47 Å². The van der Waals surface area contributed by atoms with Gasteiger partial charge in [-0.15, -0.1) is 0 Å². The molecule has 2 amide bonds. The second kappa shape index (κ2) is 9.75. The van der Waals surface area contributed by atoms with Gasteiger partial charge in [0.05, 0.1) is 6.54 Å². The van der Waals surface area contributed by atoms with Gasteiger partial charge in [-0.2, -0.15) is 0 Å². The average molecular weight is 434 g/mol. The van der Waals surface area contributed by atoms with Gasteiger partial charge in [0.15, 0.2) is 5.78 Å². The highest BCUT2D eigenvalue weighted by atomic mass is 31.2. The molecule has 0 saturated carbocycles. The standard InChI is InChI=1S/C20H23N2O7P/c1-26-30(25,27-2)18-15-21(19(23)28-16-9-5-3-6-10-16)13-14-22(18)20(24)29-17-11-7-4-8-12-17/h3-12,18H,13-15H2,1-2H3. The number of hydrogen-bond acceptors (Lipinski definition) is 7. The van der Waals surface area contributed by atoms with Crippen molar-refractivity contribution < 1.29 is 32.7 Å². The first-order valence-corrected chi connectivity index (χ1v) is 10.8. The smallest absolute Gasteiger partial charge is 0.410 e. The number of carbonyl (C=O) groups is 2. The molecular weight excluding hydrogens is 411 g/mol. The third-order valence-electron chi connectivity index (χ3n) is 4.62. The monoisotopic (exact) mass is 434 g/mol. The topological polar surface area (TPSA) is 94.6 Å². The molecule has 30 heavy (non-hydrogen) atoms. The Hall–Kier alpha value is -2.87. The molecule has 10 heteroatoms. The number of piperazine rings is 1. The van der Waals surface area contributed by atoms with E-state index in [9.17, 15) is 14.2 Å². The van der Waals surface area contributed by atoms with Gasteiger partial charge in [0.25, 0.3) is 0 Å². The van der Waals surface area contributed by atoms with Crippen LogP contribution in [0.15, 0.2) is 60.7 Å². The Kier molecular flexibility index (Phi) is 7.10. The molecule has 0 N–H and O–H groups in total. The van der Waals surface area contributed by atoms with Gasteiger partial charge in [-0.1, -0.05) is 36.4 Å². The van der Waals surface area contributed by atoms with Crippen LogP contribution in [0.4, 0.5) is 9.59 Å². The van der Waals surface area contributed by atoms with Crippen LogP contribution in [0.5, 0.6) is 11.5 Å². The van der Waals surface area contributed by atoms with Crippen molar-refractivity contribution in [1.29, 1.82) is 0 Å². The summed E-state index contributed by atoms with van der Waals surface area (Å²) < 4.78 is 34.1. The second-order valence-corrected chi connectivity index (χ2v) is 8.79. The van der Waals surface area contributed by atoms with Crippen LogP contribution in [0.2, 0.25) is 0 Å². The Labute approximate surface area is 174 Å². The van der Waals surface area contributed by atoms with E-state index in [2.05, 4.69) is 0 Å². The van der Waals surface area contributed by atoms with E-state index in [1.165, 1.54) is 24.0 Å². The Morgan fingerprint density at radius 3 is 1.83 bits per heavy atom. The first-order chi connectivity index (χ1) is 14.5. The van der Waals surface area contributed by atoms with Crippen LogP contribution in [-0.2, 0) is 13.6 Å². The third-order valence-corrected chi connectivity index (χ3v) is 6.81. The lowest BCUT2D eigenvalue weighted by Crippen LogP contribution is -2.57. The van der Waals surface area contributed by atoms with Gasteiger partial charge in [-0.25, -0.2) is 9.59 Å². The van der Waals surface area contributed by atoms with E-state index in [-0.39, 0.29) is 19.6 Å². The molecule has 1 saturated heterocycles. The Bertz CT molecular complexity index is 902. The summed E-state index contributed by atoms with van der Waals surface area (Å²) >= 11 is 0. The number of rotatable bonds is 5. The zero-order chi connectivity index (χ0) is 21.6. The van der Waals surface area contributed by atoms with E-state index in [1.807, 2.05) is 0 Å². The molecular formula is C20H23N2O7P. The van der Waals surface area contributed by atoms with Crippen LogP contribution in [-0.4, -0.2) is 61.6 Å². The van der Waals surface area contributed by atoms with Crippen molar-refractivity contribution >= 4 is 19.8 Å². The summed E-state index contributed by atoms with van der Waals surface area (Å²) in [4.78, 5) is 28.0. The lowest BCUT2D eigenvalue weighted by molar-refractivity contribution is 0.0800.